The summed E-state index contributed by atoms with van der Waals surface area (Å²) in [5.41, 5.74) is 0.0414. The summed E-state index contributed by atoms with van der Waals surface area (Å²) in [4.78, 5) is 0. The van der Waals surface area contributed by atoms with Crippen molar-refractivity contribution in [1.29, 1.82) is 5.26 Å². The van der Waals surface area contributed by atoms with Crippen molar-refractivity contribution in [3.8, 4) is 6.07 Å². The molecule has 0 amide bonds. The van der Waals surface area contributed by atoms with Crippen molar-refractivity contribution < 1.29 is 0 Å². The first-order chi connectivity index (χ1) is 13.2. The SMILES string of the molecule is CCCCCCC[C@@H]1CCC2C(CCC3C[C@](C#N)(CCCC)CCC32)C1. The minimum absolute atomic E-state index is 0.0414. The van der Waals surface area contributed by atoms with Crippen LogP contribution in [-0.4, -0.2) is 0 Å². The van der Waals surface area contributed by atoms with E-state index in [9.17, 15) is 5.26 Å². The van der Waals surface area contributed by atoms with E-state index in [4.69, 9.17) is 0 Å². The van der Waals surface area contributed by atoms with Gasteiger partial charge in [0.1, 0.15) is 0 Å². The Morgan fingerprint density at radius 1 is 0.815 bits per heavy atom. The molecule has 0 aromatic heterocycles. The monoisotopic (exact) mass is 371 g/mol. The Bertz CT molecular complexity index is 477. The Hall–Kier alpha value is -0.510. The average Bonchev–Trinajstić information content (AvgIpc) is 2.71. The number of nitrogens with zero attached hydrogens (tertiary/aromatic N) is 1. The molecule has 3 aliphatic carbocycles. The molecule has 154 valence electrons. The van der Waals surface area contributed by atoms with E-state index in [0.29, 0.717) is 0 Å². The highest BCUT2D eigenvalue weighted by Crippen LogP contribution is 2.57. The average molecular weight is 372 g/mol. The normalized spacial score (nSPS) is 38.6. The lowest BCUT2D eigenvalue weighted by atomic mass is 9.52. The second-order valence-corrected chi connectivity index (χ2v) is 10.5. The maximum absolute atomic E-state index is 9.91. The zero-order valence-electron chi connectivity index (χ0n) is 18.4. The molecule has 3 saturated carbocycles. The molecule has 3 fully saturated rings. The summed E-state index contributed by atoms with van der Waals surface area (Å²) in [6.45, 7) is 4.58. The molecule has 0 heterocycles. The maximum Gasteiger partial charge on any atom is 0.0689 e. The molecule has 27 heavy (non-hydrogen) atoms. The van der Waals surface area contributed by atoms with Crippen molar-refractivity contribution in [1.82, 2.24) is 0 Å². The van der Waals surface area contributed by atoms with Gasteiger partial charge in [-0.15, -0.1) is 0 Å². The lowest BCUT2D eigenvalue weighted by Gasteiger charge is -2.52. The van der Waals surface area contributed by atoms with E-state index in [0.717, 1.165) is 36.0 Å². The summed E-state index contributed by atoms with van der Waals surface area (Å²) in [6, 6.07) is 2.80. The van der Waals surface area contributed by atoms with Crippen LogP contribution in [0, 0.1) is 46.3 Å². The standard InChI is InChI=1S/C26H45N/c1-3-5-7-8-9-10-21-11-14-24-22(18-21)12-13-23-19-26(20-27,16-6-4-2)17-15-25(23)24/h21-25H,3-19H2,1-2H3/t21-,22?,23?,24?,25?,26+/m1/s1. The predicted molar refractivity (Wildman–Crippen MR) is 115 cm³/mol. The number of unbranched alkanes of at least 4 members (excludes halogenated alkanes) is 5. The van der Waals surface area contributed by atoms with Gasteiger partial charge in [0.15, 0.2) is 0 Å². The van der Waals surface area contributed by atoms with Crippen LogP contribution in [0.4, 0.5) is 0 Å². The second-order valence-electron chi connectivity index (χ2n) is 10.5. The summed E-state index contributed by atoms with van der Waals surface area (Å²) in [6.07, 6.45) is 23.6. The molecule has 0 aromatic carbocycles. The molecule has 0 saturated heterocycles. The first kappa shape index (κ1) is 21.2. The number of nitriles is 1. The molecule has 0 spiro atoms. The smallest absolute Gasteiger partial charge is 0.0689 e. The van der Waals surface area contributed by atoms with Crippen molar-refractivity contribution >= 4 is 0 Å². The molecule has 3 rings (SSSR count). The Morgan fingerprint density at radius 3 is 2.33 bits per heavy atom. The van der Waals surface area contributed by atoms with E-state index in [1.54, 1.807) is 6.42 Å². The fourth-order valence-corrected chi connectivity index (χ4v) is 7.22. The molecular weight excluding hydrogens is 326 g/mol. The van der Waals surface area contributed by atoms with Gasteiger partial charge < -0.3 is 0 Å². The van der Waals surface area contributed by atoms with Crippen molar-refractivity contribution in [3.63, 3.8) is 0 Å². The van der Waals surface area contributed by atoms with E-state index in [2.05, 4.69) is 19.9 Å². The highest BCUT2D eigenvalue weighted by Gasteiger charge is 2.48. The third-order valence-electron chi connectivity index (χ3n) is 8.78. The second kappa shape index (κ2) is 10.3. The molecule has 0 aromatic rings. The van der Waals surface area contributed by atoms with Gasteiger partial charge in [-0.3, -0.25) is 0 Å². The largest absolute Gasteiger partial charge is 0.198 e. The Balaban J connectivity index is 1.48. The summed E-state index contributed by atoms with van der Waals surface area (Å²) >= 11 is 0. The van der Waals surface area contributed by atoms with Crippen LogP contribution in [0.25, 0.3) is 0 Å². The van der Waals surface area contributed by atoms with Crippen LogP contribution in [0.15, 0.2) is 0 Å². The van der Waals surface area contributed by atoms with Crippen LogP contribution in [0.3, 0.4) is 0 Å². The zero-order valence-corrected chi connectivity index (χ0v) is 18.4. The van der Waals surface area contributed by atoms with Gasteiger partial charge in [-0.25, -0.2) is 0 Å². The van der Waals surface area contributed by atoms with Gasteiger partial charge in [-0.05, 0) is 81.0 Å². The molecule has 0 aliphatic heterocycles. The fraction of sp³-hybridized carbons (Fsp3) is 0.962. The number of fused-ring (bicyclic) bond motifs is 3. The van der Waals surface area contributed by atoms with E-state index < -0.39 is 0 Å². The lowest BCUT2D eigenvalue weighted by molar-refractivity contribution is -0.0181. The Kier molecular flexibility index (Phi) is 8.10. The third kappa shape index (κ3) is 5.31. The first-order valence-electron chi connectivity index (χ1n) is 12.6. The third-order valence-corrected chi connectivity index (χ3v) is 8.78. The summed E-state index contributed by atoms with van der Waals surface area (Å²) in [5, 5.41) is 9.91. The van der Waals surface area contributed by atoms with E-state index in [1.165, 1.54) is 96.3 Å². The number of hydrogen-bond acceptors (Lipinski definition) is 1. The fourth-order valence-electron chi connectivity index (χ4n) is 7.22. The molecule has 3 aliphatic rings. The van der Waals surface area contributed by atoms with Crippen molar-refractivity contribution in [2.75, 3.05) is 0 Å². The molecule has 1 heteroatoms. The Morgan fingerprint density at radius 2 is 1.56 bits per heavy atom. The first-order valence-corrected chi connectivity index (χ1v) is 12.6. The summed E-state index contributed by atoms with van der Waals surface area (Å²) < 4.78 is 0. The zero-order chi connectivity index (χ0) is 19.1. The molecule has 0 bridgehead atoms. The molecule has 1 nitrogen and oxygen atoms in total. The highest BCUT2D eigenvalue weighted by molar-refractivity contribution is 5.06. The highest BCUT2D eigenvalue weighted by atomic mass is 14.5. The van der Waals surface area contributed by atoms with Crippen molar-refractivity contribution in [3.05, 3.63) is 0 Å². The minimum atomic E-state index is 0.0414. The molecular formula is C26H45N. The van der Waals surface area contributed by atoms with Gasteiger partial charge >= 0.3 is 0 Å². The van der Waals surface area contributed by atoms with E-state index in [-0.39, 0.29) is 5.41 Å². The molecule has 4 unspecified atom stereocenters. The maximum atomic E-state index is 9.91. The van der Waals surface area contributed by atoms with Gasteiger partial charge in [-0.2, -0.15) is 5.26 Å². The predicted octanol–water partition coefficient (Wildman–Crippen LogP) is 8.29. The molecule has 0 N–H and O–H groups in total. The van der Waals surface area contributed by atoms with Gasteiger partial charge in [0, 0.05) is 0 Å². The minimum Gasteiger partial charge on any atom is -0.198 e. The van der Waals surface area contributed by atoms with Crippen LogP contribution in [0.2, 0.25) is 0 Å². The number of hydrogen-bond donors (Lipinski definition) is 0. The van der Waals surface area contributed by atoms with Gasteiger partial charge in [0.25, 0.3) is 0 Å². The van der Waals surface area contributed by atoms with Crippen LogP contribution < -0.4 is 0 Å². The van der Waals surface area contributed by atoms with Gasteiger partial charge in [0.05, 0.1) is 11.5 Å². The molecule has 0 radical (unpaired) electrons. The molecule has 6 atom stereocenters. The van der Waals surface area contributed by atoms with E-state index in [1.807, 2.05) is 0 Å². The van der Waals surface area contributed by atoms with E-state index >= 15 is 0 Å². The van der Waals surface area contributed by atoms with Crippen molar-refractivity contribution in [2.45, 2.75) is 123 Å². The van der Waals surface area contributed by atoms with Crippen LogP contribution in [0.5, 0.6) is 0 Å². The number of rotatable bonds is 9. The lowest BCUT2D eigenvalue weighted by Crippen LogP contribution is -2.44. The quantitative estimate of drug-likeness (QED) is 0.374. The van der Waals surface area contributed by atoms with Crippen molar-refractivity contribution in [2.24, 2.45) is 35.0 Å². The van der Waals surface area contributed by atoms with Crippen LogP contribution >= 0.6 is 0 Å². The van der Waals surface area contributed by atoms with Crippen LogP contribution in [0.1, 0.15) is 123 Å². The van der Waals surface area contributed by atoms with Gasteiger partial charge in [-0.1, -0.05) is 71.6 Å². The summed E-state index contributed by atoms with van der Waals surface area (Å²) in [5.74, 6) is 4.93. The summed E-state index contributed by atoms with van der Waals surface area (Å²) in [7, 11) is 0. The van der Waals surface area contributed by atoms with Crippen LogP contribution in [-0.2, 0) is 0 Å². The van der Waals surface area contributed by atoms with Gasteiger partial charge in [0.2, 0.25) is 0 Å². The topological polar surface area (TPSA) is 23.8 Å². The Labute approximate surface area is 169 Å².